The van der Waals surface area contributed by atoms with Gasteiger partial charge in [-0.1, -0.05) is 55.3 Å². The number of carbonyl (C=O) groups is 1. The second-order valence-electron chi connectivity index (χ2n) is 12.9. The molecule has 0 radical (unpaired) electrons. The fraction of sp³-hybridized carbons (Fsp3) is 0.543. The van der Waals surface area contributed by atoms with Crippen LogP contribution in [-0.2, 0) is 17.8 Å². The molecule has 2 aliphatic carbocycles. The van der Waals surface area contributed by atoms with Crippen LogP contribution in [0.2, 0.25) is 0 Å². The number of carboxylic acids is 1. The van der Waals surface area contributed by atoms with E-state index in [0.717, 1.165) is 76.0 Å². The van der Waals surface area contributed by atoms with E-state index in [9.17, 15) is 14.3 Å². The summed E-state index contributed by atoms with van der Waals surface area (Å²) >= 11 is 0. The van der Waals surface area contributed by atoms with Gasteiger partial charge in [0.1, 0.15) is 11.9 Å². The first-order valence-corrected chi connectivity index (χ1v) is 16.0. The van der Waals surface area contributed by atoms with E-state index in [2.05, 4.69) is 58.2 Å². The van der Waals surface area contributed by atoms with Crippen molar-refractivity contribution in [2.75, 3.05) is 19.6 Å². The van der Waals surface area contributed by atoms with Gasteiger partial charge < -0.3 is 15.3 Å². The number of aryl methyl sites for hydroxylation is 1. The van der Waals surface area contributed by atoms with Gasteiger partial charge in [0.2, 0.25) is 0 Å². The van der Waals surface area contributed by atoms with E-state index in [1.165, 1.54) is 36.2 Å². The van der Waals surface area contributed by atoms with Gasteiger partial charge in [0.05, 0.1) is 5.69 Å². The first-order chi connectivity index (χ1) is 20.4. The summed E-state index contributed by atoms with van der Waals surface area (Å²) in [6.07, 6.45) is 8.12. The topological polar surface area (TPSA) is 70.4 Å². The zero-order valence-corrected chi connectivity index (χ0v) is 24.8. The minimum atomic E-state index is -0.698. The predicted molar refractivity (Wildman–Crippen MR) is 163 cm³/mol. The zero-order valence-electron chi connectivity index (χ0n) is 24.8. The van der Waals surface area contributed by atoms with Crippen LogP contribution in [0.5, 0.6) is 0 Å². The Kier molecular flexibility index (Phi) is 9.06. The fourth-order valence-corrected chi connectivity index (χ4v) is 7.49. The Hall–Kier alpha value is -3.03. The van der Waals surface area contributed by atoms with Crippen molar-refractivity contribution in [1.82, 2.24) is 20.0 Å². The highest BCUT2D eigenvalue weighted by molar-refractivity contribution is 5.73. The number of aromatic nitrogens is 2. The number of piperidine rings is 1. The van der Waals surface area contributed by atoms with Crippen LogP contribution in [0, 0.1) is 17.7 Å². The number of hydrogen-bond donors (Lipinski definition) is 2. The number of nitrogens with one attached hydrogen (secondary N) is 1. The molecule has 0 spiro atoms. The lowest BCUT2D eigenvalue weighted by Crippen LogP contribution is -2.43. The lowest BCUT2D eigenvalue weighted by Gasteiger charge is -2.35. The lowest BCUT2D eigenvalue weighted by atomic mass is 9.87. The molecule has 7 heteroatoms. The fourth-order valence-electron chi connectivity index (χ4n) is 7.49. The predicted octanol–water partition coefficient (Wildman–Crippen LogP) is 6.22. The monoisotopic (exact) mass is 572 g/mol. The highest BCUT2D eigenvalue weighted by atomic mass is 19.1. The number of nitrogens with zero attached hydrogens (tertiary/aromatic N) is 3. The van der Waals surface area contributed by atoms with Crippen molar-refractivity contribution in [3.63, 3.8) is 0 Å². The molecule has 3 aliphatic rings. The van der Waals surface area contributed by atoms with E-state index in [0.29, 0.717) is 23.7 Å². The molecule has 4 atom stereocenters. The smallest absolute Gasteiger partial charge is 0.320 e. The number of benzene rings is 2. The van der Waals surface area contributed by atoms with Crippen molar-refractivity contribution in [3.05, 3.63) is 89.0 Å². The summed E-state index contributed by atoms with van der Waals surface area (Å²) in [6.45, 7) is 6.21. The van der Waals surface area contributed by atoms with Crippen LogP contribution in [-0.4, -0.2) is 57.5 Å². The molecule has 0 amide bonds. The molecule has 4 unspecified atom stereocenters. The van der Waals surface area contributed by atoms with Crippen LogP contribution in [0.25, 0.3) is 0 Å². The standard InChI is InChI=1S/C35H45FN4O2/c1-2-40-34(22-31(38-40)18-24-10-12-29(36)13-11-24)27-14-16-39(17-15-27)23-28-20-30(21-32(28)26-6-4-3-5-7-26)37-33(35(41)42)19-25-8-9-25/h3-7,10-13,22,25,27-28,30,32-33,37H,2,8-9,14-21,23H2,1H3,(H,41,42). The molecule has 42 heavy (non-hydrogen) atoms. The average molecular weight is 573 g/mol. The zero-order chi connectivity index (χ0) is 29.1. The van der Waals surface area contributed by atoms with Crippen LogP contribution in [0.1, 0.15) is 86.2 Å². The molecule has 6 nitrogen and oxygen atoms in total. The Labute approximate surface area is 249 Å². The van der Waals surface area contributed by atoms with Gasteiger partial charge in [-0.05, 0) is 99.2 Å². The molecular weight excluding hydrogens is 527 g/mol. The van der Waals surface area contributed by atoms with Crippen LogP contribution in [0.4, 0.5) is 4.39 Å². The molecule has 6 rings (SSSR count). The Morgan fingerprint density at radius 3 is 2.45 bits per heavy atom. The lowest BCUT2D eigenvalue weighted by molar-refractivity contribution is -0.140. The SMILES string of the molecule is CCn1nc(Cc2ccc(F)cc2)cc1C1CCN(CC2CC(NC(CC3CC3)C(=O)O)CC2c2ccccc2)CC1. The highest BCUT2D eigenvalue weighted by Crippen LogP contribution is 2.42. The first kappa shape index (κ1) is 29.1. The van der Waals surface area contributed by atoms with Gasteiger partial charge in [-0.2, -0.15) is 5.10 Å². The highest BCUT2D eigenvalue weighted by Gasteiger charge is 2.39. The second-order valence-corrected chi connectivity index (χ2v) is 12.9. The summed E-state index contributed by atoms with van der Waals surface area (Å²) < 4.78 is 15.5. The van der Waals surface area contributed by atoms with E-state index in [1.54, 1.807) is 0 Å². The van der Waals surface area contributed by atoms with E-state index in [1.807, 2.05) is 12.1 Å². The van der Waals surface area contributed by atoms with E-state index < -0.39 is 12.0 Å². The summed E-state index contributed by atoms with van der Waals surface area (Å²) in [7, 11) is 0. The van der Waals surface area contributed by atoms with Crippen LogP contribution >= 0.6 is 0 Å². The van der Waals surface area contributed by atoms with Crippen molar-refractivity contribution >= 4 is 5.97 Å². The molecule has 2 saturated carbocycles. The summed E-state index contributed by atoms with van der Waals surface area (Å²) in [5.74, 6) is 1.15. The molecule has 1 saturated heterocycles. The summed E-state index contributed by atoms with van der Waals surface area (Å²) in [5.41, 5.74) is 4.85. The maximum atomic E-state index is 13.4. The molecule has 2 aromatic carbocycles. The summed E-state index contributed by atoms with van der Waals surface area (Å²) in [4.78, 5) is 14.7. The average Bonchev–Trinajstić information content (AvgIpc) is 3.60. The molecule has 3 fully saturated rings. The number of hydrogen-bond acceptors (Lipinski definition) is 4. The summed E-state index contributed by atoms with van der Waals surface area (Å²) in [6, 6.07) is 19.7. The van der Waals surface area contributed by atoms with Gasteiger partial charge in [-0.3, -0.25) is 9.48 Å². The Balaban J connectivity index is 1.08. The van der Waals surface area contributed by atoms with Crippen LogP contribution < -0.4 is 5.32 Å². The van der Waals surface area contributed by atoms with Crippen LogP contribution in [0.15, 0.2) is 60.7 Å². The molecule has 2 N–H and O–H groups in total. The van der Waals surface area contributed by atoms with Gasteiger partial charge in [-0.25, -0.2) is 4.39 Å². The molecule has 3 aromatic rings. The Morgan fingerprint density at radius 1 is 1.05 bits per heavy atom. The Morgan fingerprint density at radius 2 is 1.79 bits per heavy atom. The van der Waals surface area contributed by atoms with Crippen molar-refractivity contribution in [1.29, 1.82) is 0 Å². The molecule has 2 heterocycles. The minimum absolute atomic E-state index is 0.206. The van der Waals surface area contributed by atoms with Gasteiger partial charge in [0.15, 0.2) is 0 Å². The van der Waals surface area contributed by atoms with E-state index in [4.69, 9.17) is 5.10 Å². The third-order valence-electron chi connectivity index (χ3n) is 9.88. The number of halogens is 1. The largest absolute Gasteiger partial charge is 0.480 e. The Bertz CT molecular complexity index is 1310. The number of carboxylic acid groups (broad SMARTS) is 1. The molecule has 0 bridgehead atoms. The van der Waals surface area contributed by atoms with Gasteiger partial charge in [-0.15, -0.1) is 0 Å². The van der Waals surface area contributed by atoms with Crippen LogP contribution in [0.3, 0.4) is 0 Å². The van der Waals surface area contributed by atoms with Crippen molar-refractivity contribution in [2.24, 2.45) is 11.8 Å². The third-order valence-corrected chi connectivity index (χ3v) is 9.88. The molecule has 224 valence electrons. The quantitative estimate of drug-likeness (QED) is 0.270. The van der Waals surface area contributed by atoms with E-state index >= 15 is 0 Å². The van der Waals surface area contributed by atoms with E-state index in [-0.39, 0.29) is 11.9 Å². The minimum Gasteiger partial charge on any atom is -0.480 e. The molecule has 1 aromatic heterocycles. The van der Waals surface area contributed by atoms with Gasteiger partial charge in [0.25, 0.3) is 0 Å². The van der Waals surface area contributed by atoms with Crippen molar-refractivity contribution in [3.8, 4) is 0 Å². The maximum Gasteiger partial charge on any atom is 0.320 e. The summed E-state index contributed by atoms with van der Waals surface area (Å²) in [5, 5.41) is 18.3. The van der Waals surface area contributed by atoms with Crippen molar-refractivity contribution in [2.45, 2.75) is 88.8 Å². The molecule has 1 aliphatic heterocycles. The van der Waals surface area contributed by atoms with Crippen molar-refractivity contribution < 1.29 is 14.3 Å². The number of rotatable bonds is 12. The first-order valence-electron chi connectivity index (χ1n) is 16.0. The normalized spacial score (nSPS) is 24.2. The van der Waals surface area contributed by atoms with Gasteiger partial charge in [0, 0.05) is 37.2 Å². The second kappa shape index (κ2) is 13.1. The van der Waals surface area contributed by atoms with Gasteiger partial charge >= 0.3 is 5.97 Å². The number of likely N-dealkylation sites (tertiary alicyclic amines) is 1. The number of aliphatic carboxylic acids is 1. The maximum absolute atomic E-state index is 13.4. The third kappa shape index (κ3) is 7.12. The molecular formula is C35H45FN4O2.